The first-order valence-corrected chi connectivity index (χ1v) is 8.16. The number of rotatable bonds is 5. The highest BCUT2D eigenvalue weighted by atomic mass is 35.5. The number of halogens is 5. The number of alkyl halides is 3. The van der Waals surface area contributed by atoms with Gasteiger partial charge in [0.1, 0.15) is 11.0 Å². The smallest absolute Gasteiger partial charge is 0.451 e. The second kappa shape index (κ2) is 8.17. The molecule has 0 fully saturated rings. The number of hydrogen-bond donors (Lipinski definition) is 1. The number of nitrogens with one attached hydrogen (secondary N) is 1. The highest BCUT2D eigenvalue weighted by molar-refractivity contribution is 5.89. The fourth-order valence-electron chi connectivity index (χ4n) is 2.74. The van der Waals surface area contributed by atoms with E-state index in [0.29, 0.717) is 24.1 Å². The Hall–Kier alpha value is -2.62. The molecule has 3 aromatic rings. The van der Waals surface area contributed by atoms with Gasteiger partial charge in [-0.25, -0.2) is 14.4 Å². The van der Waals surface area contributed by atoms with E-state index in [9.17, 15) is 17.6 Å². The van der Waals surface area contributed by atoms with Crippen LogP contribution in [0.3, 0.4) is 0 Å². The number of aryl methyl sites for hydroxylation is 2. The summed E-state index contributed by atoms with van der Waals surface area (Å²) < 4.78 is 60.0. The summed E-state index contributed by atoms with van der Waals surface area (Å²) in [5.74, 6) is -2.01. The van der Waals surface area contributed by atoms with Crippen molar-refractivity contribution in [3.63, 3.8) is 0 Å². The maximum Gasteiger partial charge on any atom is 0.451 e. The third-order valence-corrected chi connectivity index (χ3v) is 3.91. The molecular weight excluding hydrogens is 402 g/mol. The number of aromatic nitrogens is 4. The van der Waals surface area contributed by atoms with Gasteiger partial charge in [0.15, 0.2) is 17.4 Å². The highest BCUT2D eigenvalue weighted by Crippen LogP contribution is 2.33. The average Bonchev–Trinajstić information content (AvgIpc) is 2.91. The molecule has 0 aliphatic heterocycles. The fraction of sp³-hybridized carbons (Fsp3) is 0.353. The largest absolute Gasteiger partial charge is 0.494 e. The number of methoxy groups -OCH3 is 1. The van der Waals surface area contributed by atoms with Gasteiger partial charge in [0.05, 0.1) is 12.8 Å². The summed E-state index contributed by atoms with van der Waals surface area (Å²) in [5, 5.41) is 7.00. The summed E-state index contributed by atoms with van der Waals surface area (Å²) in [7, 11) is 2.91. The molecule has 28 heavy (non-hydrogen) atoms. The van der Waals surface area contributed by atoms with Crippen molar-refractivity contribution in [1.82, 2.24) is 19.7 Å². The van der Waals surface area contributed by atoms with E-state index in [1.807, 2.05) is 6.92 Å². The monoisotopic (exact) mass is 419 g/mol. The lowest BCUT2D eigenvalue weighted by Crippen LogP contribution is -2.13. The number of anilines is 2. The molecule has 0 radical (unpaired) electrons. The maximum absolute atomic E-state index is 13.9. The summed E-state index contributed by atoms with van der Waals surface area (Å²) >= 11 is 0. The number of fused-ring (bicyclic) bond motifs is 1. The topological polar surface area (TPSA) is 64.9 Å². The standard InChI is InChI=1S/C17H17F4N5O.ClH/c1-4-5-11-13-14(26(2)25-11)15(24-16(23-13)17(19,20)21)22-9-6-7-12(27-3)10(18)8-9;/h6-8H,4-5H2,1-3H3,(H,22,23,24);1H. The van der Waals surface area contributed by atoms with E-state index in [4.69, 9.17) is 4.74 Å². The summed E-state index contributed by atoms with van der Waals surface area (Å²) in [4.78, 5) is 7.29. The molecular formula is C17H18ClF4N5O. The molecule has 152 valence electrons. The first-order valence-electron chi connectivity index (χ1n) is 8.16. The lowest BCUT2D eigenvalue weighted by atomic mass is 10.2. The quantitative estimate of drug-likeness (QED) is 0.610. The maximum atomic E-state index is 13.9. The van der Waals surface area contributed by atoms with Gasteiger partial charge in [-0.2, -0.15) is 18.3 Å². The van der Waals surface area contributed by atoms with Gasteiger partial charge in [0, 0.05) is 18.8 Å². The summed E-state index contributed by atoms with van der Waals surface area (Å²) in [6.45, 7) is 1.89. The zero-order valence-electron chi connectivity index (χ0n) is 15.3. The van der Waals surface area contributed by atoms with Crippen LogP contribution in [0.25, 0.3) is 11.0 Å². The van der Waals surface area contributed by atoms with Gasteiger partial charge in [-0.3, -0.25) is 4.68 Å². The SMILES string of the molecule is CCCc1nn(C)c2c(Nc3ccc(OC)c(F)c3)nc(C(F)(F)F)nc12.Cl. The van der Waals surface area contributed by atoms with Gasteiger partial charge in [-0.05, 0) is 18.6 Å². The molecule has 11 heteroatoms. The molecule has 0 spiro atoms. The molecule has 0 unspecified atom stereocenters. The Morgan fingerprint density at radius 2 is 1.93 bits per heavy atom. The van der Waals surface area contributed by atoms with E-state index >= 15 is 0 Å². The minimum absolute atomic E-state index is 0. The van der Waals surface area contributed by atoms with Crippen LogP contribution >= 0.6 is 12.4 Å². The van der Waals surface area contributed by atoms with Crippen molar-refractivity contribution in [3.8, 4) is 5.75 Å². The predicted octanol–water partition coefficient (Wildman–Crippen LogP) is 4.65. The Labute approximate surface area is 164 Å². The first-order chi connectivity index (χ1) is 12.7. The van der Waals surface area contributed by atoms with Crippen LogP contribution in [0.2, 0.25) is 0 Å². The van der Waals surface area contributed by atoms with Gasteiger partial charge in [-0.1, -0.05) is 13.3 Å². The molecule has 0 atom stereocenters. The van der Waals surface area contributed by atoms with E-state index in [-0.39, 0.29) is 35.2 Å². The van der Waals surface area contributed by atoms with Gasteiger partial charge in [0.25, 0.3) is 0 Å². The second-order valence-electron chi connectivity index (χ2n) is 5.89. The van der Waals surface area contributed by atoms with E-state index in [1.54, 1.807) is 7.05 Å². The molecule has 0 bridgehead atoms. The van der Waals surface area contributed by atoms with E-state index in [1.165, 1.54) is 23.9 Å². The molecule has 0 aliphatic rings. The van der Waals surface area contributed by atoms with Crippen LogP contribution in [0, 0.1) is 5.82 Å². The van der Waals surface area contributed by atoms with E-state index in [2.05, 4.69) is 20.4 Å². The van der Waals surface area contributed by atoms with Crippen LogP contribution in [0.4, 0.5) is 29.1 Å². The lowest BCUT2D eigenvalue weighted by molar-refractivity contribution is -0.144. The Morgan fingerprint density at radius 1 is 1.21 bits per heavy atom. The number of ether oxygens (including phenoxy) is 1. The second-order valence-corrected chi connectivity index (χ2v) is 5.89. The number of nitrogens with zero attached hydrogens (tertiary/aromatic N) is 4. The molecule has 3 rings (SSSR count). The predicted molar refractivity (Wildman–Crippen MR) is 98.8 cm³/mol. The van der Waals surface area contributed by atoms with Crippen molar-refractivity contribution in [3.05, 3.63) is 35.5 Å². The van der Waals surface area contributed by atoms with Gasteiger partial charge in [0.2, 0.25) is 5.82 Å². The Balaban J connectivity index is 0.00000280. The minimum Gasteiger partial charge on any atom is -0.494 e. The van der Waals surface area contributed by atoms with Crippen molar-refractivity contribution in [2.75, 3.05) is 12.4 Å². The molecule has 2 aromatic heterocycles. The van der Waals surface area contributed by atoms with E-state index in [0.717, 1.165) is 6.07 Å². The summed E-state index contributed by atoms with van der Waals surface area (Å²) in [6.07, 6.45) is -3.55. The van der Waals surface area contributed by atoms with Crippen LogP contribution in [0.15, 0.2) is 18.2 Å². The molecule has 2 heterocycles. The summed E-state index contributed by atoms with van der Waals surface area (Å²) in [5.41, 5.74) is 1.10. The molecule has 0 amide bonds. The molecule has 0 saturated carbocycles. The zero-order chi connectivity index (χ0) is 19.8. The molecule has 1 aromatic carbocycles. The van der Waals surface area contributed by atoms with Crippen molar-refractivity contribution in [2.45, 2.75) is 25.9 Å². The minimum atomic E-state index is -4.73. The zero-order valence-corrected chi connectivity index (χ0v) is 16.1. The third-order valence-electron chi connectivity index (χ3n) is 3.91. The molecule has 0 aliphatic carbocycles. The van der Waals surface area contributed by atoms with Gasteiger partial charge >= 0.3 is 6.18 Å². The molecule has 0 saturated heterocycles. The third kappa shape index (κ3) is 4.11. The van der Waals surface area contributed by atoms with E-state index < -0.39 is 17.8 Å². The first kappa shape index (κ1) is 21.7. The van der Waals surface area contributed by atoms with Crippen LogP contribution in [0.1, 0.15) is 24.9 Å². The van der Waals surface area contributed by atoms with Crippen molar-refractivity contribution < 1.29 is 22.3 Å². The van der Waals surface area contributed by atoms with Crippen molar-refractivity contribution in [2.24, 2.45) is 7.05 Å². The van der Waals surface area contributed by atoms with Crippen LogP contribution < -0.4 is 10.1 Å². The van der Waals surface area contributed by atoms with Crippen molar-refractivity contribution >= 4 is 34.9 Å². The van der Waals surface area contributed by atoms with Gasteiger partial charge < -0.3 is 10.1 Å². The average molecular weight is 420 g/mol. The van der Waals surface area contributed by atoms with Crippen LogP contribution in [-0.4, -0.2) is 26.9 Å². The number of benzene rings is 1. The Bertz CT molecular complexity index is 990. The Morgan fingerprint density at radius 3 is 2.50 bits per heavy atom. The molecule has 1 N–H and O–H groups in total. The fourth-order valence-corrected chi connectivity index (χ4v) is 2.74. The normalized spacial score (nSPS) is 11.4. The lowest BCUT2D eigenvalue weighted by Gasteiger charge is -2.12. The van der Waals surface area contributed by atoms with Crippen LogP contribution in [0.5, 0.6) is 5.75 Å². The van der Waals surface area contributed by atoms with Gasteiger partial charge in [-0.15, -0.1) is 12.4 Å². The highest BCUT2D eigenvalue weighted by Gasteiger charge is 2.36. The van der Waals surface area contributed by atoms with Crippen LogP contribution in [-0.2, 0) is 19.6 Å². The Kier molecular flexibility index (Phi) is 6.33. The number of hydrogen-bond acceptors (Lipinski definition) is 5. The molecule has 6 nitrogen and oxygen atoms in total. The van der Waals surface area contributed by atoms with Crippen molar-refractivity contribution in [1.29, 1.82) is 0 Å². The summed E-state index contributed by atoms with van der Waals surface area (Å²) in [6, 6.07) is 3.96.